The van der Waals surface area contributed by atoms with Crippen LogP contribution in [0.3, 0.4) is 0 Å². The van der Waals surface area contributed by atoms with Crippen molar-refractivity contribution in [3.05, 3.63) is 95.1 Å². The van der Waals surface area contributed by atoms with E-state index in [-0.39, 0.29) is 11.3 Å². The molecule has 1 fully saturated rings. The topological polar surface area (TPSA) is 76.1 Å². The predicted octanol–water partition coefficient (Wildman–Crippen LogP) is 5.42. The second-order valence-corrected chi connectivity index (χ2v) is 8.11. The van der Waals surface area contributed by atoms with Gasteiger partial charge < -0.3 is 14.6 Å². The minimum atomic E-state index is -0.772. The summed E-state index contributed by atoms with van der Waals surface area (Å²) in [6.07, 6.45) is 0.882. The van der Waals surface area contributed by atoms with Crippen molar-refractivity contribution in [2.24, 2.45) is 0 Å². The Morgan fingerprint density at radius 3 is 2.32 bits per heavy atom. The minimum Gasteiger partial charge on any atom is -0.507 e. The SMILES string of the molecule is CCCOc1ccc(/C(O)=C2/C(=O)C(=O)N(c3ccc(OC)cc3)C2c2ccccc2)cc1C. The van der Waals surface area contributed by atoms with Crippen LogP contribution in [0.4, 0.5) is 5.69 Å². The molecule has 1 N–H and O–H groups in total. The number of hydrogen-bond donors (Lipinski definition) is 1. The Morgan fingerprint density at radius 1 is 1.00 bits per heavy atom. The lowest BCUT2D eigenvalue weighted by Gasteiger charge is -2.25. The van der Waals surface area contributed by atoms with E-state index >= 15 is 0 Å². The first-order chi connectivity index (χ1) is 16.5. The number of ether oxygens (including phenoxy) is 2. The molecule has 6 nitrogen and oxygen atoms in total. The van der Waals surface area contributed by atoms with Gasteiger partial charge in [-0.2, -0.15) is 0 Å². The van der Waals surface area contributed by atoms with Gasteiger partial charge >= 0.3 is 0 Å². The normalized spacial score (nSPS) is 17.1. The van der Waals surface area contributed by atoms with Crippen LogP contribution in [0.2, 0.25) is 0 Å². The number of carbonyl (C=O) groups excluding carboxylic acids is 2. The Hall–Kier alpha value is -4.06. The fourth-order valence-corrected chi connectivity index (χ4v) is 4.12. The highest BCUT2D eigenvalue weighted by Gasteiger charge is 2.46. The van der Waals surface area contributed by atoms with E-state index in [1.54, 1.807) is 49.6 Å². The molecule has 0 aliphatic carbocycles. The summed E-state index contributed by atoms with van der Waals surface area (Å²) < 4.78 is 11.0. The molecule has 1 amide bonds. The number of aliphatic hydroxyl groups is 1. The molecule has 0 saturated carbocycles. The van der Waals surface area contributed by atoms with Gasteiger partial charge in [-0.05, 0) is 66.9 Å². The molecule has 6 heteroatoms. The number of Topliss-reactive ketones (excluding diaryl/α,β-unsaturated/α-hetero) is 1. The van der Waals surface area contributed by atoms with Gasteiger partial charge in [-0.3, -0.25) is 14.5 Å². The number of anilines is 1. The van der Waals surface area contributed by atoms with Crippen LogP contribution in [0.1, 0.15) is 36.1 Å². The monoisotopic (exact) mass is 457 g/mol. The highest BCUT2D eigenvalue weighted by atomic mass is 16.5. The lowest BCUT2D eigenvalue weighted by Crippen LogP contribution is -2.29. The summed E-state index contributed by atoms with van der Waals surface area (Å²) in [6, 6.07) is 20.6. The number of ketones is 1. The molecule has 1 aliphatic rings. The molecular formula is C28H27NO5. The second-order valence-electron chi connectivity index (χ2n) is 8.11. The van der Waals surface area contributed by atoms with E-state index in [9.17, 15) is 14.7 Å². The summed E-state index contributed by atoms with van der Waals surface area (Å²) >= 11 is 0. The molecule has 0 radical (unpaired) electrons. The van der Waals surface area contributed by atoms with E-state index in [0.717, 1.165) is 23.3 Å². The third-order valence-electron chi connectivity index (χ3n) is 5.82. The lowest BCUT2D eigenvalue weighted by molar-refractivity contribution is -0.132. The Morgan fingerprint density at radius 2 is 1.71 bits per heavy atom. The quantitative estimate of drug-likeness (QED) is 0.291. The molecule has 4 rings (SSSR count). The number of hydrogen-bond acceptors (Lipinski definition) is 5. The number of amides is 1. The first-order valence-electron chi connectivity index (χ1n) is 11.2. The Kier molecular flexibility index (Phi) is 6.68. The van der Waals surface area contributed by atoms with E-state index in [1.165, 1.54) is 4.90 Å². The molecule has 1 aliphatic heterocycles. The predicted molar refractivity (Wildman–Crippen MR) is 131 cm³/mol. The van der Waals surface area contributed by atoms with Gasteiger partial charge in [0.25, 0.3) is 11.7 Å². The smallest absolute Gasteiger partial charge is 0.300 e. The van der Waals surface area contributed by atoms with Crippen LogP contribution in [0, 0.1) is 6.92 Å². The molecular weight excluding hydrogens is 430 g/mol. The fraction of sp³-hybridized carbons (Fsp3) is 0.214. The van der Waals surface area contributed by atoms with Crippen LogP contribution in [0.25, 0.3) is 5.76 Å². The van der Waals surface area contributed by atoms with Crippen molar-refractivity contribution < 1.29 is 24.2 Å². The molecule has 0 bridgehead atoms. The molecule has 174 valence electrons. The number of methoxy groups -OCH3 is 1. The highest BCUT2D eigenvalue weighted by molar-refractivity contribution is 6.51. The van der Waals surface area contributed by atoms with Crippen LogP contribution < -0.4 is 14.4 Å². The van der Waals surface area contributed by atoms with Gasteiger partial charge in [-0.1, -0.05) is 37.3 Å². The summed E-state index contributed by atoms with van der Waals surface area (Å²) in [4.78, 5) is 27.9. The summed E-state index contributed by atoms with van der Waals surface area (Å²) in [6.45, 7) is 4.50. The Balaban J connectivity index is 1.84. The average Bonchev–Trinajstić information content (AvgIpc) is 3.13. The van der Waals surface area contributed by atoms with Crippen LogP contribution in [0.5, 0.6) is 11.5 Å². The van der Waals surface area contributed by atoms with Gasteiger partial charge in [-0.15, -0.1) is 0 Å². The van der Waals surface area contributed by atoms with Crippen LogP contribution in [-0.2, 0) is 9.59 Å². The molecule has 0 spiro atoms. The molecule has 34 heavy (non-hydrogen) atoms. The molecule has 3 aromatic rings. The molecule has 1 atom stereocenters. The van der Waals surface area contributed by atoms with Crippen molar-refractivity contribution in [1.29, 1.82) is 0 Å². The van der Waals surface area contributed by atoms with Crippen molar-refractivity contribution in [3.8, 4) is 11.5 Å². The third kappa shape index (κ3) is 4.27. The number of benzene rings is 3. The zero-order valence-electron chi connectivity index (χ0n) is 19.4. The lowest BCUT2D eigenvalue weighted by atomic mass is 9.94. The molecule has 1 unspecified atom stereocenters. The molecule has 1 saturated heterocycles. The summed E-state index contributed by atoms with van der Waals surface area (Å²) in [5.41, 5.74) is 2.59. The van der Waals surface area contributed by atoms with Crippen molar-refractivity contribution in [1.82, 2.24) is 0 Å². The first-order valence-corrected chi connectivity index (χ1v) is 11.2. The maximum atomic E-state index is 13.2. The van der Waals surface area contributed by atoms with Crippen LogP contribution >= 0.6 is 0 Å². The largest absolute Gasteiger partial charge is 0.507 e. The first kappa shape index (κ1) is 23.1. The summed E-state index contributed by atoms with van der Waals surface area (Å²) in [5.74, 6) is -0.283. The number of aryl methyl sites for hydroxylation is 1. The molecule has 1 heterocycles. The van der Waals surface area contributed by atoms with Gasteiger partial charge in [0.15, 0.2) is 0 Å². The summed E-state index contributed by atoms with van der Waals surface area (Å²) in [5, 5.41) is 11.3. The standard InChI is InChI=1S/C28H27NO5/c1-4-16-34-23-15-10-20(17-18(23)2)26(30)24-25(19-8-6-5-7-9-19)29(28(32)27(24)31)21-11-13-22(33-3)14-12-21/h5-15,17,25,30H,4,16H2,1-3H3/b26-24-. The second kappa shape index (κ2) is 9.83. The highest BCUT2D eigenvalue weighted by Crippen LogP contribution is 2.42. The van der Waals surface area contributed by atoms with Gasteiger partial charge in [0.05, 0.1) is 25.3 Å². The number of carbonyl (C=O) groups is 2. The van der Waals surface area contributed by atoms with Gasteiger partial charge in [-0.25, -0.2) is 0 Å². The van der Waals surface area contributed by atoms with Crippen molar-refractivity contribution in [2.45, 2.75) is 26.3 Å². The van der Waals surface area contributed by atoms with E-state index in [4.69, 9.17) is 9.47 Å². The summed E-state index contributed by atoms with van der Waals surface area (Å²) in [7, 11) is 1.56. The Labute approximate surface area is 199 Å². The van der Waals surface area contributed by atoms with Crippen LogP contribution in [0.15, 0.2) is 78.4 Å². The van der Waals surface area contributed by atoms with Crippen LogP contribution in [-0.4, -0.2) is 30.5 Å². The number of rotatable bonds is 7. The maximum Gasteiger partial charge on any atom is 0.300 e. The van der Waals surface area contributed by atoms with E-state index in [0.29, 0.717) is 23.6 Å². The van der Waals surface area contributed by atoms with Crippen molar-refractivity contribution >= 4 is 23.1 Å². The fourth-order valence-electron chi connectivity index (χ4n) is 4.12. The molecule has 3 aromatic carbocycles. The van der Waals surface area contributed by atoms with Crippen molar-refractivity contribution in [2.75, 3.05) is 18.6 Å². The van der Waals surface area contributed by atoms with E-state index in [2.05, 4.69) is 0 Å². The van der Waals surface area contributed by atoms with Gasteiger partial charge in [0.1, 0.15) is 17.3 Å². The van der Waals surface area contributed by atoms with E-state index < -0.39 is 17.7 Å². The minimum absolute atomic E-state index is 0.0497. The number of aliphatic hydroxyl groups excluding tert-OH is 1. The zero-order valence-corrected chi connectivity index (χ0v) is 19.4. The van der Waals surface area contributed by atoms with E-state index in [1.807, 2.05) is 44.2 Å². The zero-order chi connectivity index (χ0) is 24.2. The van der Waals surface area contributed by atoms with Gasteiger partial charge in [0.2, 0.25) is 0 Å². The third-order valence-corrected chi connectivity index (χ3v) is 5.82. The van der Waals surface area contributed by atoms with Crippen molar-refractivity contribution in [3.63, 3.8) is 0 Å². The average molecular weight is 458 g/mol. The van der Waals surface area contributed by atoms with Gasteiger partial charge in [0, 0.05) is 11.3 Å². The maximum absolute atomic E-state index is 13.2. The number of nitrogens with zero attached hydrogens (tertiary/aromatic N) is 1. The Bertz CT molecular complexity index is 1230. The molecule has 0 aromatic heterocycles.